The summed E-state index contributed by atoms with van der Waals surface area (Å²) < 4.78 is 46.4. The summed E-state index contributed by atoms with van der Waals surface area (Å²) in [5.41, 5.74) is 4.79. The fourth-order valence-electron chi connectivity index (χ4n) is 4.62. The molecule has 1 aliphatic heterocycles. The highest BCUT2D eigenvalue weighted by atomic mass is 19.4. The Morgan fingerprint density at radius 3 is 2.38 bits per heavy atom. The van der Waals surface area contributed by atoms with Crippen LogP contribution < -0.4 is 16.0 Å². The maximum atomic E-state index is 13.8. The number of ether oxygens (including phenoxy) is 1. The number of amides is 2. The Hall–Kier alpha value is -2.17. The van der Waals surface area contributed by atoms with Gasteiger partial charge in [-0.25, -0.2) is 0 Å². The average Bonchev–Trinajstić information content (AvgIpc) is 2.66. The van der Waals surface area contributed by atoms with Crippen molar-refractivity contribution in [3.63, 3.8) is 0 Å². The zero-order valence-electron chi connectivity index (χ0n) is 17.9. The molecule has 3 fully saturated rings. The second-order valence-electron chi connectivity index (χ2n) is 8.69. The number of hydrogen-bond donors (Lipinski definition) is 2. The summed E-state index contributed by atoms with van der Waals surface area (Å²) in [5.74, 6) is -0.923. The predicted molar refractivity (Wildman–Crippen MR) is 113 cm³/mol. The van der Waals surface area contributed by atoms with Crippen LogP contribution in [0.4, 0.5) is 24.5 Å². The molecule has 4 rings (SSSR count). The molecule has 2 amide bonds. The summed E-state index contributed by atoms with van der Waals surface area (Å²) in [5, 5.41) is 2.64. The number of halogens is 3. The molecule has 32 heavy (non-hydrogen) atoms. The monoisotopic (exact) mass is 454 g/mol. The number of nitrogens with one attached hydrogen (secondary N) is 1. The summed E-state index contributed by atoms with van der Waals surface area (Å²) in [7, 11) is 0. The topological polar surface area (TPSA) is 87.9 Å². The molecule has 0 bridgehead atoms. The van der Waals surface area contributed by atoms with E-state index in [0.717, 1.165) is 49.5 Å². The number of hydrogen-bond acceptors (Lipinski definition) is 5. The third-order valence-corrected chi connectivity index (χ3v) is 6.72. The molecule has 2 aliphatic carbocycles. The van der Waals surface area contributed by atoms with Gasteiger partial charge in [-0.15, -0.1) is 0 Å². The molecule has 0 radical (unpaired) electrons. The third-order valence-electron chi connectivity index (χ3n) is 6.72. The molecule has 1 heterocycles. The normalized spacial score (nSPS) is 21.3. The molecule has 10 heteroatoms. The van der Waals surface area contributed by atoms with E-state index in [4.69, 9.17) is 10.5 Å². The lowest BCUT2D eigenvalue weighted by molar-refractivity contribution is -0.137. The molecular weight excluding hydrogens is 425 g/mol. The number of benzene rings is 1. The summed E-state index contributed by atoms with van der Waals surface area (Å²) in [6.45, 7) is 0.0515. The smallest absolute Gasteiger partial charge is 0.370 e. The number of anilines is 2. The molecule has 1 aromatic rings. The molecular formula is C22H29F3N4O3. The van der Waals surface area contributed by atoms with E-state index < -0.39 is 29.6 Å². The number of nitrogens with zero attached hydrogens (tertiary/aromatic N) is 2. The molecule has 0 unspecified atom stereocenters. The SMILES string of the molecule is NC[C@@H](C(=O)Nc1ccc(N2CCOCC2=O)c(C(F)(F)F)c1)N(C1CCC1)C1CCC1. The number of carbonyl (C=O) groups is 2. The van der Waals surface area contributed by atoms with Gasteiger partial charge in [0.05, 0.1) is 17.9 Å². The second-order valence-corrected chi connectivity index (χ2v) is 8.69. The number of morpholine rings is 1. The van der Waals surface area contributed by atoms with Crippen LogP contribution >= 0.6 is 0 Å². The first-order chi connectivity index (χ1) is 15.3. The maximum absolute atomic E-state index is 13.8. The van der Waals surface area contributed by atoms with Crippen molar-refractivity contribution < 1.29 is 27.5 Å². The third kappa shape index (κ3) is 4.62. The van der Waals surface area contributed by atoms with E-state index in [1.165, 1.54) is 12.1 Å². The lowest BCUT2D eigenvalue weighted by atomic mass is 9.83. The van der Waals surface area contributed by atoms with Crippen molar-refractivity contribution in [3.05, 3.63) is 23.8 Å². The maximum Gasteiger partial charge on any atom is 0.418 e. The van der Waals surface area contributed by atoms with Gasteiger partial charge in [-0.1, -0.05) is 12.8 Å². The molecule has 0 spiro atoms. The Balaban J connectivity index is 1.56. The van der Waals surface area contributed by atoms with Crippen molar-refractivity contribution in [1.29, 1.82) is 0 Å². The Morgan fingerprint density at radius 1 is 1.22 bits per heavy atom. The van der Waals surface area contributed by atoms with Crippen LogP contribution in [0, 0.1) is 0 Å². The highest BCUT2D eigenvalue weighted by molar-refractivity contribution is 5.98. The van der Waals surface area contributed by atoms with Crippen molar-refractivity contribution in [3.8, 4) is 0 Å². The number of alkyl halides is 3. The molecule has 1 saturated heterocycles. The highest BCUT2D eigenvalue weighted by Crippen LogP contribution is 2.39. The van der Waals surface area contributed by atoms with Crippen molar-refractivity contribution in [2.45, 2.75) is 62.8 Å². The van der Waals surface area contributed by atoms with Crippen LogP contribution in [0.15, 0.2) is 18.2 Å². The standard InChI is InChI=1S/C22H29F3N4O3/c23-22(24,25)17-11-14(7-8-18(17)28-9-10-32-13-20(28)30)27-21(31)19(12-26)29(15-3-1-4-15)16-5-2-6-16/h7-8,11,15-16,19H,1-6,9-10,12-13,26H2,(H,27,31)/t19-/m0/s1. The van der Waals surface area contributed by atoms with Crippen LogP contribution in [0.2, 0.25) is 0 Å². The van der Waals surface area contributed by atoms with Crippen LogP contribution in [0.25, 0.3) is 0 Å². The predicted octanol–water partition coefficient (Wildman–Crippen LogP) is 2.74. The Bertz CT molecular complexity index is 841. The van der Waals surface area contributed by atoms with Crippen LogP contribution in [-0.4, -0.2) is 61.1 Å². The number of rotatable bonds is 7. The largest absolute Gasteiger partial charge is 0.418 e. The van der Waals surface area contributed by atoms with Gasteiger partial charge in [-0.05, 0) is 43.9 Å². The molecule has 3 N–H and O–H groups in total. The first kappa shape index (κ1) is 23.0. The fourth-order valence-corrected chi connectivity index (χ4v) is 4.62. The molecule has 2 saturated carbocycles. The van der Waals surface area contributed by atoms with Crippen molar-refractivity contribution in [1.82, 2.24) is 4.90 Å². The van der Waals surface area contributed by atoms with Gasteiger partial charge in [0.1, 0.15) is 12.6 Å². The minimum atomic E-state index is -4.69. The van der Waals surface area contributed by atoms with Gasteiger partial charge in [0.25, 0.3) is 5.91 Å². The van der Waals surface area contributed by atoms with Gasteiger partial charge in [-0.3, -0.25) is 14.5 Å². The Morgan fingerprint density at radius 2 is 1.88 bits per heavy atom. The van der Waals surface area contributed by atoms with Gasteiger partial charge < -0.3 is 20.7 Å². The van der Waals surface area contributed by atoms with Gasteiger partial charge in [0, 0.05) is 30.9 Å². The van der Waals surface area contributed by atoms with Crippen LogP contribution in [0.5, 0.6) is 0 Å². The molecule has 1 aromatic carbocycles. The fraction of sp³-hybridized carbons (Fsp3) is 0.636. The first-order valence-corrected chi connectivity index (χ1v) is 11.2. The van der Waals surface area contributed by atoms with Crippen molar-refractivity contribution >= 4 is 23.2 Å². The van der Waals surface area contributed by atoms with E-state index >= 15 is 0 Å². The quantitative estimate of drug-likeness (QED) is 0.662. The Kier molecular flexibility index (Phi) is 6.73. The lowest BCUT2D eigenvalue weighted by Crippen LogP contribution is -2.60. The zero-order chi connectivity index (χ0) is 22.9. The molecule has 176 valence electrons. The molecule has 0 aromatic heterocycles. The summed E-state index contributed by atoms with van der Waals surface area (Å²) in [6.07, 6.45) is 1.60. The van der Waals surface area contributed by atoms with Gasteiger partial charge in [-0.2, -0.15) is 13.2 Å². The Labute approximate surface area is 185 Å². The number of carbonyl (C=O) groups excluding carboxylic acids is 2. The van der Waals surface area contributed by atoms with Crippen LogP contribution in [-0.2, 0) is 20.5 Å². The van der Waals surface area contributed by atoms with Gasteiger partial charge in [0.15, 0.2) is 0 Å². The lowest BCUT2D eigenvalue weighted by Gasteiger charge is -2.49. The molecule has 1 atom stereocenters. The van der Waals surface area contributed by atoms with Gasteiger partial charge >= 0.3 is 6.18 Å². The average molecular weight is 454 g/mol. The van der Waals surface area contributed by atoms with Crippen molar-refractivity contribution in [2.24, 2.45) is 5.73 Å². The van der Waals surface area contributed by atoms with Gasteiger partial charge in [0.2, 0.25) is 5.91 Å². The minimum Gasteiger partial charge on any atom is -0.370 e. The summed E-state index contributed by atoms with van der Waals surface area (Å²) in [6, 6.07) is 3.55. The first-order valence-electron chi connectivity index (χ1n) is 11.2. The van der Waals surface area contributed by atoms with E-state index in [-0.39, 0.29) is 37.7 Å². The van der Waals surface area contributed by atoms with Crippen LogP contribution in [0.3, 0.4) is 0 Å². The molecule has 7 nitrogen and oxygen atoms in total. The van der Waals surface area contributed by atoms with E-state index in [1.54, 1.807) is 0 Å². The second kappa shape index (κ2) is 9.36. The van der Waals surface area contributed by atoms with E-state index in [1.807, 2.05) is 0 Å². The molecule has 3 aliphatic rings. The summed E-state index contributed by atoms with van der Waals surface area (Å²) >= 11 is 0. The zero-order valence-corrected chi connectivity index (χ0v) is 17.9. The van der Waals surface area contributed by atoms with E-state index in [9.17, 15) is 22.8 Å². The van der Waals surface area contributed by atoms with Crippen molar-refractivity contribution in [2.75, 3.05) is 36.5 Å². The number of nitrogens with two attached hydrogens (primary N) is 1. The van der Waals surface area contributed by atoms with Crippen LogP contribution in [0.1, 0.15) is 44.1 Å². The van der Waals surface area contributed by atoms with E-state index in [2.05, 4.69) is 10.2 Å². The highest BCUT2D eigenvalue weighted by Gasteiger charge is 2.41. The summed E-state index contributed by atoms with van der Waals surface area (Å²) in [4.78, 5) is 28.4. The minimum absolute atomic E-state index is 0.0346. The van der Waals surface area contributed by atoms with E-state index in [0.29, 0.717) is 12.1 Å².